The number of hydrogen-bond acceptors (Lipinski definition) is 3. The quantitative estimate of drug-likeness (QED) is 0.867. The molecule has 2 rings (SSSR count). The second-order valence-corrected chi connectivity index (χ2v) is 7.08. The first-order chi connectivity index (χ1) is 8.77. The smallest absolute Gasteiger partial charge is 0.242 e. The van der Waals surface area contributed by atoms with Crippen LogP contribution in [0.3, 0.4) is 0 Å². The van der Waals surface area contributed by atoms with Crippen LogP contribution < -0.4 is 5.32 Å². The summed E-state index contributed by atoms with van der Waals surface area (Å²) in [5.41, 5.74) is 0.849. The van der Waals surface area contributed by atoms with E-state index in [4.69, 9.17) is 11.6 Å². The van der Waals surface area contributed by atoms with E-state index in [0.717, 1.165) is 11.3 Å². The van der Waals surface area contributed by atoms with Gasteiger partial charge in [-0.15, -0.1) is 11.6 Å². The molecule has 1 aliphatic rings. The Morgan fingerprint density at radius 1 is 1.39 bits per heavy atom. The molecule has 98 valence electrons. The summed E-state index contributed by atoms with van der Waals surface area (Å²) in [4.78, 5) is 11.9. The van der Waals surface area contributed by atoms with Gasteiger partial charge >= 0.3 is 0 Å². The highest BCUT2D eigenvalue weighted by Gasteiger charge is 2.20. The Bertz CT molecular complexity index is 382. The minimum Gasteiger partial charge on any atom is -0.353 e. The maximum atomic E-state index is 11.9. The molecule has 1 aromatic carbocycles. The third kappa shape index (κ3) is 4.11. The van der Waals surface area contributed by atoms with Gasteiger partial charge in [-0.2, -0.15) is 23.5 Å². The van der Waals surface area contributed by atoms with Crippen LogP contribution in [-0.2, 0) is 4.79 Å². The summed E-state index contributed by atoms with van der Waals surface area (Å²) in [6.45, 7) is 0.715. The van der Waals surface area contributed by atoms with Gasteiger partial charge in [-0.25, -0.2) is 0 Å². The number of alkyl halides is 1. The first kappa shape index (κ1) is 14.1. The second-order valence-electron chi connectivity index (χ2n) is 4.09. The average molecular weight is 302 g/mol. The van der Waals surface area contributed by atoms with E-state index in [1.54, 1.807) is 0 Å². The third-order valence-corrected chi connectivity index (χ3v) is 6.01. The van der Waals surface area contributed by atoms with Crippen molar-refractivity contribution in [1.29, 1.82) is 0 Å². The van der Waals surface area contributed by atoms with Crippen molar-refractivity contribution in [1.82, 2.24) is 5.32 Å². The lowest BCUT2D eigenvalue weighted by molar-refractivity contribution is -0.120. The molecule has 0 bridgehead atoms. The lowest BCUT2D eigenvalue weighted by Gasteiger charge is -2.21. The van der Waals surface area contributed by atoms with Gasteiger partial charge < -0.3 is 5.32 Å². The van der Waals surface area contributed by atoms with E-state index in [2.05, 4.69) is 5.32 Å². The van der Waals surface area contributed by atoms with Crippen LogP contribution in [0.2, 0.25) is 0 Å². The van der Waals surface area contributed by atoms with Crippen molar-refractivity contribution in [3.63, 3.8) is 0 Å². The number of hydrogen-bond donors (Lipinski definition) is 1. The van der Waals surface area contributed by atoms with E-state index in [0.29, 0.717) is 11.8 Å². The number of nitrogens with one attached hydrogen (secondary N) is 1. The van der Waals surface area contributed by atoms with Crippen LogP contribution in [0.25, 0.3) is 0 Å². The summed E-state index contributed by atoms with van der Waals surface area (Å²) in [6, 6.07) is 9.46. The molecule has 2 nitrogen and oxygen atoms in total. The number of rotatable bonds is 4. The fourth-order valence-corrected chi connectivity index (χ4v) is 4.57. The topological polar surface area (TPSA) is 29.1 Å². The number of carbonyl (C=O) groups is 1. The van der Waals surface area contributed by atoms with Crippen molar-refractivity contribution < 1.29 is 4.79 Å². The van der Waals surface area contributed by atoms with Crippen molar-refractivity contribution in [3.05, 3.63) is 35.9 Å². The highest BCUT2D eigenvalue weighted by atomic mass is 35.5. The Hall–Kier alpha value is -0.320. The van der Waals surface area contributed by atoms with E-state index >= 15 is 0 Å². The van der Waals surface area contributed by atoms with Gasteiger partial charge in [0, 0.05) is 29.1 Å². The van der Waals surface area contributed by atoms with Crippen LogP contribution in [-0.4, -0.2) is 35.0 Å². The molecule has 0 aromatic heterocycles. The monoisotopic (exact) mass is 301 g/mol. The fourth-order valence-electron chi connectivity index (χ4n) is 1.73. The van der Waals surface area contributed by atoms with Gasteiger partial charge in [0.2, 0.25) is 5.91 Å². The standard InChI is InChI=1S/C13H16ClNOS2/c14-12(10-4-2-1-3-5-10)13(16)15-8-11-9-17-6-7-18-11/h1-5,11-12H,6-9H2,(H,15,16). The second kappa shape index (κ2) is 7.31. The van der Waals surface area contributed by atoms with Gasteiger partial charge in [-0.1, -0.05) is 30.3 Å². The highest BCUT2D eigenvalue weighted by Crippen LogP contribution is 2.24. The summed E-state index contributed by atoms with van der Waals surface area (Å²) in [7, 11) is 0. The number of halogens is 1. The molecule has 2 unspecified atom stereocenters. The Labute approximate surface area is 121 Å². The average Bonchev–Trinajstić information content (AvgIpc) is 2.46. The van der Waals surface area contributed by atoms with Gasteiger partial charge in [0.1, 0.15) is 5.38 Å². The van der Waals surface area contributed by atoms with Crippen LogP contribution in [0.15, 0.2) is 30.3 Å². The predicted molar refractivity (Wildman–Crippen MR) is 81.6 cm³/mol. The van der Waals surface area contributed by atoms with E-state index in [1.165, 1.54) is 11.5 Å². The van der Waals surface area contributed by atoms with Crippen LogP contribution >= 0.6 is 35.1 Å². The number of carbonyl (C=O) groups excluding carboxylic acids is 1. The largest absolute Gasteiger partial charge is 0.353 e. The van der Waals surface area contributed by atoms with Crippen molar-refractivity contribution >= 4 is 41.0 Å². The van der Waals surface area contributed by atoms with Gasteiger partial charge in [0.05, 0.1) is 0 Å². The maximum absolute atomic E-state index is 11.9. The van der Waals surface area contributed by atoms with Crippen LogP contribution in [0, 0.1) is 0 Å². The number of amides is 1. The summed E-state index contributed by atoms with van der Waals surface area (Å²) in [6.07, 6.45) is 0. The molecule has 1 heterocycles. The summed E-state index contributed by atoms with van der Waals surface area (Å²) < 4.78 is 0. The Morgan fingerprint density at radius 3 is 2.83 bits per heavy atom. The summed E-state index contributed by atoms with van der Waals surface area (Å²) >= 11 is 10.0. The minimum absolute atomic E-state index is 0.0981. The molecule has 0 spiro atoms. The van der Waals surface area contributed by atoms with Crippen molar-refractivity contribution in [2.75, 3.05) is 23.8 Å². The zero-order chi connectivity index (χ0) is 12.8. The Balaban J connectivity index is 1.80. The summed E-state index contributed by atoms with van der Waals surface area (Å²) in [5, 5.41) is 2.88. The molecule has 5 heteroatoms. The molecule has 0 saturated carbocycles. The van der Waals surface area contributed by atoms with Crippen LogP contribution in [0.1, 0.15) is 10.9 Å². The summed E-state index contributed by atoms with van der Waals surface area (Å²) in [5.74, 6) is 3.41. The lowest BCUT2D eigenvalue weighted by atomic mass is 10.1. The molecule has 1 aliphatic heterocycles. The first-order valence-electron chi connectivity index (χ1n) is 5.93. The van der Waals surface area contributed by atoms with Crippen LogP contribution in [0.5, 0.6) is 0 Å². The van der Waals surface area contributed by atoms with E-state index in [1.807, 2.05) is 53.9 Å². The highest BCUT2D eigenvalue weighted by molar-refractivity contribution is 8.06. The molecule has 1 amide bonds. The molecule has 0 radical (unpaired) electrons. The molecule has 1 N–H and O–H groups in total. The normalized spacial score (nSPS) is 21.3. The first-order valence-corrected chi connectivity index (χ1v) is 8.57. The SMILES string of the molecule is O=C(NCC1CSCCS1)C(Cl)c1ccccc1. The number of benzene rings is 1. The molecule has 18 heavy (non-hydrogen) atoms. The van der Waals surface area contributed by atoms with E-state index in [9.17, 15) is 4.79 Å². The van der Waals surface area contributed by atoms with Crippen LogP contribution in [0.4, 0.5) is 0 Å². The Morgan fingerprint density at radius 2 is 2.17 bits per heavy atom. The maximum Gasteiger partial charge on any atom is 0.242 e. The predicted octanol–water partition coefficient (Wildman–Crippen LogP) is 2.93. The Kier molecular flexibility index (Phi) is 5.73. The third-order valence-electron chi connectivity index (χ3n) is 2.71. The van der Waals surface area contributed by atoms with E-state index in [-0.39, 0.29) is 5.91 Å². The van der Waals surface area contributed by atoms with Crippen molar-refractivity contribution in [3.8, 4) is 0 Å². The molecule has 0 aliphatic carbocycles. The zero-order valence-electron chi connectivity index (χ0n) is 9.97. The van der Waals surface area contributed by atoms with Gasteiger partial charge in [0.15, 0.2) is 0 Å². The molecular formula is C13H16ClNOS2. The number of thioether (sulfide) groups is 2. The van der Waals surface area contributed by atoms with Gasteiger partial charge in [-0.05, 0) is 5.56 Å². The minimum atomic E-state index is -0.590. The molecular weight excluding hydrogens is 286 g/mol. The van der Waals surface area contributed by atoms with Crippen molar-refractivity contribution in [2.24, 2.45) is 0 Å². The zero-order valence-corrected chi connectivity index (χ0v) is 12.4. The van der Waals surface area contributed by atoms with Crippen molar-refractivity contribution in [2.45, 2.75) is 10.6 Å². The lowest BCUT2D eigenvalue weighted by Crippen LogP contribution is -2.35. The molecule has 1 aromatic rings. The fraction of sp³-hybridized carbons (Fsp3) is 0.462. The van der Waals surface area contributed by atoms with Gasteiger partial charge in [-0.3, -0.25) is 4.79 Å². The molecule has 1 fully saturated rings. The van der Waals surface area contributed by atoms with Gasteiger partial charge in [0.25, 0.3) is 0 Å². The molecule has 1 saturated heterocycles. The molecule has 2 atom stereocenters. The van der Waals surface area contributed by atoms with E-state index < -0.39 is 5.38 Å².